The van der Waals surface area contributed by atoms with Crippen LogP contribution in [0.15, 0.2) is 10.9 Å². The first-order valence-corrected chi connectivity index (χ1v) is 6.00. The molecular formula is C10H14N2OS. The van der Waals surface area contributed by atoms with Gasteiger partial charge < -0.3 is 10.8 Å². The smallest absolute Gasteiger partial charge is 0.116 e. The highest BCUT2D eigenvalue weighted by atomic mass is 32.1. The molecule has 2 atom stereocenters. The molecule has 0 aliphatic heterocycles. The minimum Gasteiger partial charge on any atom is -0.383 e. The third kappa shape index (κ3) is 0.782. The summed E-state index contributed by atoms with van der Waals surface area (Å²) in [6, 6.07) is 0.169. The van der Waals surface area contributed by atoms with Crippen LogP contribution in [-0.2, 0) is 5.60 Å². The fourth-order valence-electron chi connectivity index (χ4n) is 3.01. The molecule has 1 aromatic rings. The van der Waals surface area contributed by atoms with Crippen molar-refractivity contribution in [3.63, 3.8) is 0 Å². The predicted molar refractivity (Wildman–Crippen MR) is 54.9 cm³/mol. The van der Waals surface area contributed by atoms with Crippen LogP contribution in [0.1, 0.15) is 31.4 Å². The monoisotopic (exact) mass is 210 g/mol. The highest BCUT2D eigenvalue weighted by Gasteiger charge is 2.67. The second-order valence-electron chi connectivity index (χ2n) is 4.55. The Hall–Kier alpha value is -0.450. The summed E-state index contributed by atoms with van der Waals surface area (Å²) in [5, 5.41) is 12.5. The first-order chi connectivity index (χ1) is 6.69. The maximum absolute atomic E-state index is 10.6. The molecule has 3 N–H and O–H groups in total. The summed E-state index contributed by atoms with van der Waals surface area (Å²) in [5.41, 5.74) is 7.88. The van der Waals surface area contributed by atoms with E-state index in [4.69, 9.17) is 5.73 Å². The van der Waals surface area contributed by atoms with Crippen LogP contribution in [-0.4, -0.2) is 16.1 Å². The average Bonchev–Trinajstić information content (AvgIpc) is 2.51. The quantitative estimate of drug-likeness (QED) is 0.733. The van der Waals surface area contributed by atoms with Gasteiger partial charge in [-0.2, -0.15) is 0 Å². The molecule has 0 aromatic carbocycles. The van der Waals surface area contributed by atoms with E-state index in [2.05, 4.69) is 4.98 Å². The van der Waals surface area contributed by atoms with E-state index in [1.54, 1.807) is 16.8 Å². The predicted octanol–water partition coefficient (Wildman–Crippen LogP) is 1.23. The van der Waals surface area contributed by atoms with Gasteiger partial charge >= 0.3 is 0 Å². The van der Waals surface area contributed by atoms with Gasteiger partial charge in [-0.3, -0.25) is 0 Å². The standard InChI is InChI=1S/C10H14N2OS/c11-7-4-10(13,8-5-14-6-12-8)9(7)2-1-3-9/h5-7,13H,1-4,11H2. The Labute approximate surface area is 87.0 Å². The third-order valence-electron chi connectivity index (χ3n) is 4.15. The van der Waals surface area contributed by atoms with Gasteiger partial charge in [0.25, 0.3) is 0 Å². The average molecular weight is 210 g/mol. The summed E-state index contributed by atoms with van der Waals surface area (Å²) in [6.45, 7) is 0. The molecule has 14 heavy (non-hydrogen) atoms. The molecule has 2 aliphatic rings. The molecule has 1 spiro atoms. The molecule has 2 saturated carbocycles. The molecule has 1 aromatic heterocycles. The topological polar surface area (TPSA) is 59.1 Å². The number of hydrogen-bond acceptors (Lipinski definition) is 4. The van der Waals surface area contributed by atoms with Crippen molar-refractivity contribution in [2.24, 2.45) is 11.1 Å². The first-order valence-electron chi connectivity index (χ1n) is 5.06. The molecule has 0 saturated heterocycles. The molecule has 3 rings (SSSR count). The van der Waals surface area contributed by atoms with E-state index in [1.807, 2.05) is 5.38 Å². The molecule has 0 amide bonds. The number of nitrogens with two attached hydrogens (primary N) is 1. The molecule has 1 heterocycles. The van der Waals surface area contributed by atoms with E-state index in [1.165, 1.54) is 6.42 Å². The van der Waals surface area contributed by atoms with Crippen LogP contribution < -0.4 is 5.73 Å². The third-order valence-corrected chi connectivity index (χ3v) is 4.74. The van der Waals surface area contributed by atoms with E-state index in [0.717, 1.165) is 18.5 Å². The van der Waals surface area contributed by atoms with E-state index in [0.29, 0.717) is 6.42 Å². The minimum absolute atomic E-state index is 0.0406. The number of nitrogens with zero attached hydrogens (tertiary/aromatic N) is 1. The fourth-order valence-corrected chi connectivity index (χ4v) is 3.63. The molecule has 3 nitrogen and oxygen atoms in total. The van der Waals surface area contributed by atoms with Crippen molar-refractivity contribution in [3.05, 3.63) is 16.6 Å². The van der Waals surface area contributed by atoms with Gasteiger partial charge in [0.2, 0.25) is 0 Å². The van der Waals surface area contributed by atoms with Crippen LogP contribution in [0.5, 0.6) is 0 Å². The van der Waals surface area contributed by atoms with Gasteiger partial charge in [-0.25, -0.2) is 4.98 Å². The lowest BCUT2D eigenvalue weighted by Crippen LogP contribution is -2.70. The van der Waals surface area contributed by atoms with Crippen LogP contribution in [0.4, 0.5) is 0 Å². The van der Waals surface area contributed by atoms with Gasteiger partial charge in [-0.1, -0.05) is 6.42 Å². The van der Waals surface area contributed by atoms with Gasteiger partial charge in [0.1, 0.15) is 5.60 Å². The molecular weight excluding hydrogens is 196 g/mol. The SMILES string of the molecule is NC1CC(O)(c2cscn2)C12CCC2. The maximum Gasteiger partial charge on any atom is 0.116 e. The van der Waals surface area contributed by atoms with Crippen molar-refractivity contribution in [2.75, 3.05) is 0 Å². The van der Waals surface area contributed by atoms with Crippen LogP contribution in [0.3, 0.4) is 0 Å². The van der Waals surface area contributed by atoms with E-state index in [9.17, 15) is 5.11 Å². The van der Waals surface area contributed by atoms with Crippen molar-refractivity contribution in [3.8, 4) is 0 Å². The van der Waals surface area contributed by atoms with Gasteiger partial charge in [-0.05, 0) is 19.3 Å². The maximum atomic E-state index is 10.6. The molecule has 76 valence electrons. The molecule has 4 heteroatoms. The zero-order valence-electron chi connectivity index (χ0n) is 7.94. The Bertz CT molecular complexity index is 347. The van der Waals surface area contributed by atoms with Crippen molar-refractivity contribution < 1.29 is 5.11 Å². The molecule has 0 bridgehead atoms. The van der Waals surface area contributed by atoms with Crippen LogP contribution in [0, 0.1) is 5.41 Å². The van der Waals surface area contributed by atoms with Crippen molar-refractivity contribution >= 4 is 11.3 Å². The largest absolute Gasteiger partial charge is 0.383 e. The highest BCUT2D eigenvalue weighted by molar-refractivity contribution is 7.07. The molecule has 2 fully saturated rings. The van der Waals surface area contributed by atoms with E-state index in [-0.39, 0.29) is 11.5 Å². The van der Waals surface area contributed by atoms with Gasteiger partial charge in [-0.15, -0.1) is 11.3 Å². The Morgan fingerprint density at radius 1 is 1.57 bits per heavy atom. The Morgan fingerprint density at radius 2 is 2.36 bits per heavy atom. The lowest BCUT2D eigenvalue weighted by Gasteiger charge is -2.64. The molecule has 2 unspecified atom stereocenters. The van der Waals surface area contributed by atoms with Crippen LogP contribution in [0.2, 0.25) is 0 Å². The zero-order chi connectivity index (χ0) is 9.81. The van der Waals surface area contributed by atoms with Crippen LogP contribution >= 0.6 is 11.3 Å². The van der Waals surface area contributed by atoms with Crippen LogP contribution in [0.25, 0.3) is 0 Å². The molecule has 2 aliphatic carbocycles. The van der Waals surface area contributed by atoms with E-state index >= 15 is 0 Å². The minimum atomic E-state index is -0.718. The second kappa shape index (κ2) is 2.56. The summed E-state index contributed by atoms with van der Waals surface area (Å²) >= 11 is 1.54. The summed E-state index contributed by atoms with van der Waals surface area (Å²) in [5.74, 6) is 0. The lowest BCUT2D eigenvalue weighted by atomic mass is 9.44. The van der Waals surface area contributed by atoms with Crippen molar-refractivity contribution in [1.82, 2.24) is 4.98 Å². The highest BCUT2D eigenvalue weighted by Crippen LogP contribution is 2.65. The van der Waals surface area contributed by atoms with Gasteiger partial charge in [0.15, 0.2) is 0 Å². The second-order valence-corrected chi connectivity index (χ2v) is 5.27. The summed E-state index contributed by atoms with van der Waals surface area (Å²) in [6.07, 6.45) is 3.99. The normalized spacial score (nSPS) is 39.1. The number of hydrogen-bond donors (Lipinski definition) is 2. The zero-order valence-corrected chi connectivity index (χ0v) is 8.76. The Morgan fingerprint density at radius 3 is 2.79 bits per heavy atom. The summed E-state index contributed by atoms with van der Waals surface area (Å²) in [7, 11) is 0. The number of thiazole rings is 1. The van der Waals surface area contributed by atoms with E-state index < -0.39 is 5.60 Å². The summed E-state index contributed by atoms with van der Waals surface area (Å²) < 4.78 is 0. The number of aromatic nitrogens is 1. The molecule has 0 radical (unpaired) electrons. The Balaban J connectivity index is 1.99. The lowest BCUT2D eigenvalue weighted by molar-refractivity contribution is -0.229. The first kappa shape index (κ1) is 8.83. The summed E-state index contributed by atoms with van der Waals surface area (Å²) in [4.78, 5) is 4.23. The van der Waals surface area contributed by atoms with Gasteiger partial charge in [0, 0.05) is 16.8 Å². The van der Waals surface area contributed by atoms with Crippen molar-refractivity contribution in [1.29, 1.82) is 0 Å². The van der Waals surface area contributed by atoms with Gasteiger partial charge in [0.05, 0.1) is 11.2 Å². The fraction of sp³-hybridized carbons (Fsp3) is 0.700. The Kier molecular flexibility index (Phi) is 1.62. The van der Waals surface area contributed by atoms with Crippen molar-refractivity contribution in [2.45, 2.75) is 37.3 Å². The number of rotatable bonds is 1. The number of aliphatic hydroxyl groups is 1.